The molecule has 4 rings (SSSR count). The number of carbonyl (C=O) groups excluding carboxylic acids is 1. The minimum atomic E-state index is -4.44. The number of nitrogens with one attached hydrogen (secondary N) is 2. The minimum absolute atomic E-state index is 0.182. The van der Waals surface area contributed by atoms with E-state index in [0.717, 1.165) is 23.5 Å². The van der Waals surface area contributed by atoms with Gasteiger partial charge in [-0.15, -0.1) is 0 Å². The van der Waals surface area contributed by atoms with Gasteiger partial charge in [0.25, 0.3) is 0 Å². The van der Waals surface area contributed by atoms with Gasteiger partial charge in [0, 0.05) is 24.3 Å². The van der Waals surface area contributed by atoms with E-state index in [4.69, 9.17) is 0 Å². The summed E-state index contributed by atoms with van der Waals surface area (Å²) in [6.07, 6.45) is 2.52. The highest BCUT2D eigenvalue weighted by molar-refractivity contribution is 5.93. The van der Waals surface area contributed by atoms with Gasteiger partial charge in [-0.3, -0.25) is 9.48 Å². The van der Waals surface area contributed by atoms with Crippen molar-refractivity contribution in [2.75, 3.05) is 17.2 Å². The minimum Gasteiger partial charge on any atom is -0.376 e. The molecule has 0 spiro atoms. The van der Waals surface area contributed by atoms with Crippen molar-refractivity contribution in [2.45, 2.75) is 12.7 Å². The van der Waals surface area contributed by atoms with Crippen LogP contribution in [0.1, 0.15) is 11.3 Å². The highest BCUT2D eigenvalue weighted by Crippen LogP contribution is 2.30. The van der Waals surface area contributed by atoms with Crippen LogP contribution in [-0.4, -0.2) is 31.6 Å². The fourth-order valence-electron chi connectivity index (χ4n) is 2.94. The summed E-state index contributed by atoms with van der Waals surface area (Å²) in [5.41, 5.74) is 1.56. The number of anilines is 2. The topological polar surface area (TPSA) is 76.2 Å². The quantitative estimate of drug-likeness (QED) is 0.505. The van der Waals surface area contributed by atoms with E-state index in [1.807, 2.05) is 35.0 Å². The molecule has 0 aliphatic rings. The molecule has 0 unspecified atom stereocenters. The number of pyridine rings is 1. The van der Waals surface area contributed by atoms with Crippen LogP contribution in [0.25, 0.3) is 5.65 Å². The lowest BCUT2D eigenvalue weighted by Crippen LogP contribution is -2.21. The summed E-state index contributed by atoms with van der Waals surface area (Å²) in [5, 5.41) is 9.54. The van der Waals surface area contributed by atoms with Crippen molar-refractivity contribution in [3.8, 4) is 0 Å². The molecule has 1 aromatic carbocycles. The van der Waals surface area contributed by atoms with Crippen molar-refractivity contribution < 1.29 is 18.0 Å². The summed E-state index contributed by atoms with van der Waals surface area (Å²) >= 11 is 0. The van der Waals surface area contributed by atoms with Crippen molar-refractivity contribution in [3.63, 3.8) is 0 Å². The number of aromatic nitrogens is 4. The molecule has 0 aliphatic heterocycles. The zero-order valence-corrected chi connectivity index (χ0v) is 15.6. The standard InChI is InChI=1S/C20H17F3N6O/c21-20(22,23)14-4-3-5-15(8-14)24-10-19(30)27-16-9-25-29(12-16)13-17-11-28-7-2-1-6-18(28)26-17/h1-9,11-12,24H,10,13H2,(H,27,30). The Morgan fingerprint density at radius 3 is 2.73 bits per heavy atom. The van der Waals surface area contributed by atoms with E-state index in [9.17, 15) is 18.0 Å². The van der Waals surface area contributed by atoms with Crippen molar-refractivity contribution in [1.82, 2.24) is 19.2 Å². The van der Waals surface area contributed by atoms with E-state index in [0.29, 0.717) is 12.2 Å². The number of hydrogen-bond acceptors (Lipinski definition) is 4. The largest absolute Gasteiger partial charge is 0.416 e. The first kappa shape index (κ1) is 19.5. The fraction of sp³-hybridized carbons (Fsp3) is 0.150. The van der Waals surface area contributed by atoms with Crippen LogP contribution in [0, 0.1) is 0 Å². The van der Waals surface area contributed by atoms with Crippen molar-refractivity contribution in [3.05, 3.63) is 78.5 Å². The SMILES string of the molecule is O=C(CNc1cccc(C(F)(F)F)c1)Nc1cnn(Cc2cn3ccccc3n2)c1. The molecule has 7 nitrogen and oxygen atoms in total. The zero-order chi connectivity index (χ0) is 21.1. The van der Waals surface area contributed by atoms with Gasteiger partial charge in [0.1, 0.15) is 5.65 Å². The summed E-state index contributed by atoms with van der Waals surface area (Å²) < 4.78 is 41.8. The van der Waals surface area contributed by atoms with Crippen LogP contribution in [0.3, 0.4) is 0 Å². The second-order valence-corrected chi connectivity index (χ2v) is 6.61. The van der Waals surface area contributed by atoms with Crippen molar-refractivity contribution >= 4 is 22.9 Å². The van der Waals surface area contributed by atoms with Crippen LogP contribution >= 0.6 is 0 Å². The number of halogens is 3. The Morgan fingerprint density at radius 1 is 1.07 bits per heavy atom. The summed E-state index contributed by atoms with van der Waals surface area (Å²) in [6, 6.07) is 10.4. The van der Waals surface area contributed by atoms with Crippen molar-refractivity contribution in [2.24, 2.45) is 0 Å². The predicted octanol–water partition coefficient (Wildman–Crippen LogP) is 3.65. The molecule has 0 fully saturated rings. The van der Waals surface area contributed by atoms with E-state index in [2.05, 4.69) is 20.7 Å². The number of alkyl halides is 3. The molecular weight excluding hydrogens is 397 g/mol. The Morgan fingerprint density at radius 2 is 1.93 bits per heavy atom. The average molecular weight is 414 g/mol. The second kappa shape index (κ2) is 7.90. The van der Waals surface area contributed by atoms with Crippen molar-refractivity contribution in [1.29, 1.82) is 0 Å². The molecule has 0 saturated heterocycles. The van der Waals surface area contributed by atoms with Gasteiger partial charge < -0.3 is 15.0 Å². The molecule has 0 radical (unpaired) electrons. The maximum atomic E-state index is 12.8. The Hall–Kier alpha value is -3.82. The monoisotopic (exact) mass is 414 g/mol. The van der Waals surface area contributed by atoms with E-state index < -0.39 is 17.6 Å². The molecule has 154 valence electrons. The highest BCUT2D eigenvalue weighted by atomic mass is 19.4. The average Bonchev–Trinajstić information content (AvgIpc) is 3.32. The number of nitrogens with zero attached hydrogens (tertiary/aromatic N) is 4. The van der Waals surface area contributed by atoms with Gasteiger partial charge >= 0.3 is 6.18 Å². The number of carbonyl (C=O) groups is 1. The van der Waals surface area contributed by atoms with Crippen LogP contribution in [0.5, 0.6) is 0 Å². The Kier molecular flexibility index (Phi) is 5.13. The molecule has 0 atom stereocenters. The van der Waals surface area contributed by atoms with E-state index in [1.54, 1.807) is 10.9 Å². The molecular formula is C20H17F3N6O. The first-order chi connectivity index (χ1) is 14.4. The van der Waals surface area contributed by atoms with Crippen LogP contribution < -0.4 is 10.6 Å². The van der Waals surface area contributed by atoms with Crippen LogP contribution in [0.2, 0.25) is 0 Å². The van der Waals surface area contributed by atoms with E-state index >= 15 is 0 Å². The number of rotatable bonds is 6. The van der Waals surface area contributed by atoms with Crippen LogP contribution in [0.15, 0.2) is 67.3 Å². The molecule has 0 aliphatic carbocycles. The third-order valence-electron chi connectivity index (χ3n) is 4.30. The third kappa shape index (κ3) is 4.59. The van der Waals surface area contributed by atoms with Gasteiger partial charge in [-0.05, 0) is 30.3 Å². The molecule has 3 heterocycles. The summed E-state index contributed by atoms with van der Waals surface area (Å²) in [7, 11) is 0. The Balaban J connectivity index is 1.33. The van der Waals surface area contributed by atoms with Gasteiger partial charge in [0.15, 0.2) is 0 Å². The zero-order valence-electron chi connectivity index (χ0n) is 15.6. The molecule has 10 heteroatoms. The molecule has 4 aromatic rings. The highest BCUT2D eigenvalue weighted by Gasteiger charge is 2.30. The second-order valence-electron chi connectivity index (χ2n) is 6.61. The molecule has 3 aromatic heterocycles. The predicted molar refractivity (Wildman–Crippen MR) is 105 cm³/mol. The first-order valence-electron chi connectivity index (χ1n) is 9.03. The van der Waals surface area contributed by atoms with E-state index in [-0.39, 0.29) is 12.2 Å². The van der Waals surface area contributed by atoms with Crippen LogP contribution in [-0.2, 0) is 17.5 Å². The number of amides is 1. The molecule has 0 bridgehead atoms. The summed E-state index contributed by atoms with van der Waals surface area (Å²) in [5.74, 6) is -0.403. The van der Waals surface area contributed by atoms with Gasteiger partial charge in [-0.25, -0.2) is 4.98 Å². The summed E-state index contributed by atoms with van der Waals surface area (Å²) in [4.78, 5) is 16.6. The maximum absolute atomic E-state index is 12.8. The van der Waals surface area contributed by atoms with Gasteiger partial charge in [-0.2, -0.15) is 18.3 Å². The first-order valence-corrected chi connectivity index (χ1v) is 9.03. The number of hydrogen-bond donors (Lipinski definition) is 2. The van der Waals surface area contributed by atoms with E-state index in [1.165, 1.54) is 18.3 Å². The smallest absolute Gasteiger partial charge is 0.376 e. The lowest BCUT2D eigenvalue weighted by molar-refractivity contribution is -0.137. The normalized spacial score (nSPS) is 11.6. The number of imidazole rings is 1. The lowest BCUT2D eigenvalue weighted by Gasteiger charge is -2.10. The van der Waals surface area contributed by atoms with Gasteiger partial charge in [0.05, 0.1) is 36.2 Å². The molecule has 1 amide bonds. The third-order valence-corrected chi connectivity index (χ3v) is 4.30. The fourth-order valence-corrected chi connectivity index (χ4v) is 2.94. The summed E-state index contributed by atoms with van der Waals surface area (Å²) in [6.45, 7) is 0.249. The van der Waals surface area contributed by atoms with Gasteiger partial charge in [0.2, 0.25) is 5.91 Å². The molecule has 2 N–H and O–H groups in total. The maximum Gasteiger partial charge on any atom is 0.416 e. The molecule has 0 saturated carbocycles. The Bertz CT molecular complexity index is 1150. The number of benzene rings is 1. The van der Waals surface area contributed by atoms with Gasteiger partial charge in [-0.1, -0.05) is 12.1 Å². The Labute approximate surface area is 169 Å². The molecule has 30 heavy (non-hydrogen) atoms. The van der Waals surface area contributed by atoms with Crippen LogP contribution in [0.4, 0.5) is 24.5 Å². The lowest BCUT2D eigenvalue weighted by atomic mass is 10.2. The number of fused-ring (bicyclic) bond motifs is 1.